The third-order valence-corrected chi connectivity index (χ3v) is 3.72. The number of nitrogens with one attached hydrogen (secondary N) is 1. The van der Waals surface area contributed by atoms with Crippen molar-refractivity contribution in [1.82, 2.24) is 15.1 Å². The molecule has 1 aromatic rings. The molecular weight excluding hydrogens is 278 g/mol. The van der Waals surface area contributed by atoms with E-state index in [0.717, 1.165) is 17.4 Å². The van der Waals surface area contributed by atoms with Crippen molar-refractivity contribution in [2.45, 2.75) is 52.0 Å². The molecule has 1 unspecified atom stereocenters. The molecule has 1 aromatic heterocycles. The van der Waals surface area contributed by atoms with Gasteiger partial charge in [0.15, 0.2) is 0 Å². The van der Waals surface area contributed by atoms with Crippen LogP contribution in [0.15, 0.2) is 10.7 Å². The molecule has 1 atom stereocenters. The number of nitrogens with zero attached hydrogens (tertiary/aromatic N) is 2. The Bertz CT molecular complexity index is 303. The van der Waals surface area contributed by atoms with E-state index in [1.807, 2.05) is 17.9 Å². The summed E-state index contributed by atoms with van der Waals surface area (Å²) in [6, 6.07) is 0.641. The number of hydrogen-bond acceptors (Lipinski definition) is 2. The second-order valence-corrected chi connectivity index (χ2v) is 5.40. The van der Waals surface area contributed by atoms with Gasteiger partial charge in [-0.2, -0.15) is 5.10 Å². The minimum absolute atomic E-state index is 0.641. The number of rotatable bonds is 8. The molecule has 0 radical (unpaired) electrons. The van der Waals surface area contributed by atoms with Crippen molar-refractivity contribution in [3.63, 3.8) is 0 Å². The molecular formula is C13H24BrN3. The van der Waals surface area contributed by atoms with Crippen molar-refractivity contribution in [1.29, 1.82) is 0 Å². The Morgan fingerprint density at radius 1 is 1.35 bits per heavy atom. The molecule has 4 heteroatoms. The minimum Gasteiger partial charge on any atom is -0.314 e. The van der Waals surface area contributed by atoms with E-state index in [1.54, 1.807) is 0 Å². The lowest BCUT2D eigenvalue weighted by atomic mass is 10.0. The Labute approximate surface area is 113 Å². The maximum Gasteiger partial charge on any atom is 0.0635 e. The number of halogens is 1. The van der Waals surface area contributed by atoms with E-state index >= 15 is 0 Å². The second-order valence-electron chi connectivity index (χ2n) is 4.54. The first-order valence-corrected chi connectivity index (χ1v) is 7.38. The molecule has 0 bridgehead atoms. The van der Waals surface area contributed by atoms with Gasteiger partial charge < -0.3 is 5.32 Å². The van der Waals surface area contributed by atoms with Gasteiger partial charge in [0, 0.05) is 13.1 Å². The van der Waals surface area contributed by atoms with Crippen LogP contribution in [0.4, 0.5) is 0 Å². The predicted molar refractivity (Wildman–Crippen MR) is 76.2 cm³/mol. The summed E-state index contributed by atoms with van der Waals surface area (Å²) < 4.78 is 3.10. The van der Waals surface area contributed by atoms with Gasteiger partial charge in [0.25, 0.3) is 0 Å². The molecule has 0 aliphatic rings. The van der Waals surface area contributed by atoms with Gasteiger partial charge in [-0.15, -0.1) is 0 Å². The van der Waals surface area contributed by atoms with Crippen LogP contribution in [0.1, 0.15) is 45.2 Å². The maximum atomic E-state index is 4.25. The molecule has 0 fully saturated rings. The molecule has 0 spiro atoms. The first kappa shape index (κ1) is 14.7. The van der Waals surface area contributed by atoms with Gasteiger partial charge in [0.1, 0.15) is 0 Å². The highest BCUT2D eigenvalue weighted by Crippen LogP contribution is 2.18. The van der Waals surface area contributed by atoms with E-state index in [9.17, 15) is 0 Å². The van der Waals surface area contributed by atoms with Gasteiger partial charge in [-0.25, -0.2) is 0 Å². The van der Waals surface area contributed by atoms with Crippen LogP contribution in [0.2, 0.25) is 0 Å². The van der Waals surface area contributed by atoms with Crippen LogP contribution in [-0.4, -0.2) is 22.4 Å². The van der Waals surface area contributed by atoms with Gasteiger partial charge in [0.2, 0.25) is 0 Å². The number of hydrogen-bond donors (Lipinski definition) is 1. The summed E-state index contributed by atoms with van der Waals surface area (Å²) in [6.45, 7) is 5.59. The Hall–Kier alpha value is -0.350. The number of aryl methyl sites for hydroxylation is 1. The van der Waals surface area contributed by atoms with Crippen LogP contribution in [0.5, 0.6) is 0 Å². The highest BCUT2D eigenvalue weighted by molar-refractivity contribution is 9.10. The third kappa shape index (κ3) is 4.80. The van der Waals surface area contributed by atoms with E-state index < -0.39 is 0 Å². The predicted octanol–water partition coefficient (Wildman–Crippen LogP) is 3.28. The largest absolute Gasteiger partial charge is 0.314 e. The van der Waals surface area contributed by atoms with E-state index in [0.29, 0.717) is 6.04 Å². The van der Waals surface area contributed by atoms with Crippen LogP contribution in [0.25, 0.3) is 0 Å². The fourth-order valence-corrected chi connectivity index (χ4v) is 2.62. The first-order chi connectivity index (χ1) is 8.19. The average Bonchev–Trinajstić information content (AvgIpc) is 2.63. The Kier molecular flexibility index (Phi) is 6.82. The summed E-state index contributed by atoms with van der Waals surface area (Å²) in [5, 5.41) is 7.88. The summed E-state index contributed by atoms with van der Waals surface area (Å²) in [5.41, 5.74) is 1.30. The molecule has 1 N–H and O–H groups in total. The maximum absolute atomic E-state index is 4.25. The molecule has 17 heavy (non-hydrogen) atoms. The van der Waals surface area contributed by atoms with Crippen molar-refractivity contribution in [3.8, 4) is 0 Å². The lowest BCUT2D eigenvalue weighted by molar-refractivity contribution is 0.444. The van der Waals surface area contributed by atoms with E-state index in [2.05, 4.69) is 40.2 Å². The summed E-state index contributed by atoms with van der Waals surface area (Å²) in [6.07, 6.45) is 7.85. The molecule has 0 aliphatic heterocycles. The fraction of sp³-hybridized carbons (Fsp3) is 0.769. The van der Waals surface area contributed by atoms with E-state index in [-0.39, 0.29) is 0 Å². The zero-order chi connectivity index (χ0) is 12.7. The average molecular weight is 302 g/mol. The van der Waals surface area contributed by atoms with Gasteiger partial charge in [-0.1, -0.05) is 20.3 Å². The third-order valence-electron chi connectivity index (χ3n) is 3.06. The standard InChI is InChI=1S/C13H24BrN3/c1-4-6-11(15-9-5-2)7-8-13-12(14)10-16-17(13)3/h10-11,15H,4-9H2,1-3H3. The van der Waals surface area contributed by atoms with Crippen LogP contribution in [-0.2, 0) is 13.5 Å². The summed E-state index contributed by atoms with van der Waals surface area (Å²) in [7, 11) is 2.01. The molecule has 3 nitrogen and oxygen atoms in total. The monoisotopic (exact) mass is 301 g/mol. The quantitative estimate of drug-likeness (QED) is 0.798. The topological polar surface area (TPSA) is 29.9 Å². The lowest BCUT2D eigenvalue weighted by Crippen LogP contribution is -2.30. The summed E-state index contributed by atoms with van der Waals surface area (Å²) >= 11 is 3.56. The van der Waals surface area contributed by atoms with Crippen molar-refractivity contribution in [3.05, 3.63) is 16.4 Å². The van der Waals surface area contributed by atoms with Crippen LogP contribution >= 0.6 is 15.9 Å². The van der Waals surface area contributed by atoms with Gasteiger partial charge >= 0.3 is 0 Å². The highest BCUT2D eigenvalue weighted by atomic mass is 79.9. The lowest BCUT2D eigenvalue weighted by Gasteiger charge is -2.17. The highest BCUT2D eigenvalue weighted by Gasteiger charge is 2.10. The van der Waals surface area contributed by atoms with Gasteiger partial charge in [-0.05, 0) is 48.2 Å². The van der Waals surface area contributed by atoms with Crippen LogP contribution in [0, 0.1) is 0 Å². The molecule has 98 valence electrons. The Morgan fingerprint density at radius 2 is 2.12 bits per heavy atom. The van der Waals surface area contributed by atoms with Gasteiger partial charge in [-0.3, -0.25) is 4.68 Å². The SMILES string of the molecule is CCCNC(CCC)CCc1c(Br)cnn1C. The molecule has 1 rings (SSSR count). The van der Waals surface area contributed by atoms with E-state index in [4.69, 9.17) is 0 Å². The normalized spacial score (nSPS) is 12.9. The second kappa shape index (κ2) is 7.88. The molecule has 0 saturated heterocycles. The number of aromatic nitrogens is 2. The summed E-state index contributed by atoms with van der Waals surface area (Å²) in [5.74, 6) is 0. The molecule has 0 aliphatic carbocycles. The zero-order valence-corrected chi connectivity index (χ0v) is 12.8. The Morgan fingerprint density at radius 3 is 2.65 bits per heavy atom. The Balaban J connectivity index is 2.45. The first-order valence-electron chi connectivity index (χ1n) is 6.58. The van der Waals surface area contributed by atoms with Crippen molar-refractivity contribution in [2.75, 3.05) is 6.54 Å². The van der Waals surface area contributed by atoms with Crippen LogP contribution < -0.4 is 5.32 Å². The zero-order valence-electron chi connectivity index (χ0n) is 11.2. The molecule has 0 saturated carbocycles. The van der Waals surface area contributed by atoms with Gasteiger partial charge in [0.05, 0.1) is 16.4 Å². The molecule has 0 aromatic carbocycles. The minimum atomic E-state index is 0.641. The molecule has 1 heterocycles. The molecule has 0 amide bonds. The van der Waals surface area contributed by atoms with Crippen LogP contribution in [0.3, 0.4) is 0 Å². The fourth-order valence-electron chi connectivity index (χ4n) is 2.07. The van der Waals surface area contributed by atoms with Crippen molar-refractivity contribution in [2.24, 2.45) is 7.05 Å². The van der Waals surface area contributed by atoms with E-state index in [1.165, 1.54) is 31.4 Å². The smallest absolute Gasteiger partial charge is 0.0635 e. The summed E-state index contributed by atoms with van der Waals surface area (Å²) in [4.78, 5) is 0. The van der Waals surface area contributed by atoms with Crippen molar-refractivity contribution >= 4 is 15.9 Å². The van der Waals surface area contributed by atoms with Crippen molar-refractivity contribution < 1.29 is 0 Å².